The van der Waals surface area contributed by atoms with E-state index in [9.17, 15) is 10.1 Å². The molecule has 82 valence electrons. The molecule has 0 saturated heterocycles. The van der Waals surface area contributed by atoms with Crippen molar-refractivity contribution >= 4 is 17.3 Å². The summed E-state index contributed by atoms with van der Waals surface area (Å²) >= 11 is 5.70. The molecular formula is C9H8ClN4O2+. The number of nitrogens with one attached hydrogen (secondary N) is 1. The molecule has 0 saturated carbocycles. The lowest BCUT2D eigenvalue weighted by atomic mass is 10.2. The number of benzene rings is 1. The molecule has 0 aliphatic heterocycles. The summed E-state index contributed by atoms with van der Waals surface area (Å²) in [4.78, 5) is 14.0. The van der Waals surface area contributed by atoms with Crippen molar-refractivity contribution in [3.05, 3.63) is 51.6 Å². The number of nitro groups is 1. The van der Waals surface area contributed by atoms with Crippen LogP contribution in [0.3, 0.4) is 0 Å². The zero-order valence-electron chi connectivity index (χ0n) is 8.13. The molecular weight excluding hydrogens is 232 g/mol. The number of H-pyrrole nitrogens is 1. The molecule has 2 aromatic rings. The monoisotopic (exact) mass is 239 g/mol. The lowest BCUT2D eigenvalue weighted by Crippen LogP contribution is -2.35. The number of rotatable bonds is 3. The predicted molar refractivity (Wildman–Crippen MR) is 56.0 cm³/mol. The first kappa shape index (κ1) is 10.6. The van der Waals surface area contributed by atoms with Crippen LogP contribution in [0.5, 0.6) is 0 Å². The van der Waals surface area contributed by atoms with Gasteiger partial charge in [-0.15, -0.1) is 0 Å². The molecule has 1 aromatic heterocycles. The maximum atomic E-state index is 10.7. The van der Waals surface area contributed by atoms with Gasteiger partial charge in [-0.1, -0.05) is 17.7 Å². The van der Waals surface area contributed by atoms with Crippen LogP contribution in [0.1, 0.15) is 5.56 Å². The third-order valence-corrected chi connectivity index (χ3v) is 2.38. The van der Waals surface area contributed by atoms with E-state index in [1.807, 2.05) is 0 Å². The fraction of sp³-hybridized carbons (Fsp3) is 0.111. The van der Waals surface area contributed by atoms with Gasteiger partial charge < -0.3 is 0 Å². The first-order valence-corrected chi connectivity index (χ1v) is 4.85. The minimum absolute atomic E-state index is 0.0840. The number of hydrogen-bond donors (Lipinski definition) is 1. The average molecular weight is 240 g/mol. The molecule has 0 amide bonds. The zero-order chi connectivity index (χ0) is 11.5. The van der Waals surface area contributed by atoms with E-state index in [4.69, 9.17) is 11.6 Å². The highest BCUT2D eigenvalue weighted by molar-refractivity contribution is 6.32. The lowest BCUT2D eigenvalue weighted by Gasteiger charge is -1.99. The molecule has 0 bridgehead atoms. The van der Waals surface area contributed by atoms with Gasteiger partial charge >= 0.3 is 6.33 Å². The van der Waals surface area contributed by atoms with Gasteiger partial charge in [0.25, 0.3) is 5.69 Å². The Morgan fingerprint density at radius 1 is 1.56 bits per heavy atom. The van der Waals surface area contributed by atoms with Gasteiger partial charge in [0.2, 0.25) is 6.33 Å². The van der Waals surface area contributed by atoms with E-state index >= 15 is 0 Å². The molecule has 0 aliphatic carbocycles. The van der Waals surface area contributed by atoms with Gasteiger partial charge in [0.15, 0.2) is 0 Å². The topological polar surface area (TPSA) is 75.7 Å². The molecule has 1 N–H and O–H groups in total. The van der Waals surface area contributed by atoms with Crippen LogP contribution in [0.4, 0.5) is 5.69 Å². The normalized spacial score (nSPS) is 10.3. The Bertz CT molecular complexity index is 512. The second-order valence-electron chi connectivity index (χ2n) is 3.19. The second-order valence-corrected chi connectivity index (χ2v) is 3.60. The van der Waals surface area contributed by atoms with Crippen molar-refractivity contribution in [1.29, 1.82) is 0 Å². The van der Waals surface area contributed by atoms with Crippen LogP contribution in [0.2, 0.25) is 5.02 Å². The smallest absolute Gasteiger partial charge is 0.258 e. The van der Waals surface area contributed by atoms with Gasteiger partial charge in [-0.05, 0) is 11.1 Å². The van der Waals surface area contributed by atoms with E-state index in [1.165, 1.54) is 18.5 Å². The summed E-state index contributed by atoms with van der Waals surface area (Å²) in [6, 6.07) is 4.71. The number of nitro benzene ring substituents is 1. The zero-order valence-corrected chi connectivity index (χ0v) is 8.89. The van der Waals surface area contributed by atoms with Gasteiger partial charge in [0, 0.05) is 11.6 Å². The van der Waals surface area contributed by atoms with E-state index in [2.05, 4.69) is 10.1 Å². The van der Waals surface area contributed by atoms with Crippen LogP contribution >= 0.6 is 11.6 Å². The summed E-state index contributed by atoms with van der Waals surface area (Å²) in [5.41, 5.74) is 0.699. The lowest BCUT2D eigenvalue weighted by molar-refractivity contribution is -0.743. The van der Waals surface area contributed by atoms with Crippen molar-refractivity contribution in [3.8, 4) is 0 Å². The summed E-state index contributed by atoms with van der Waals surface area (Å²) in [6.07, 6.45) is 3.13. The van der Waals surface area contributed by atoms with Crippen LogP contribution in [0.15, 0.2) is 30.9 Å². The Kier molecular flexibility index (Phi) is 2.82. The van der Waals surface area contributed by atoms with E-state index < -0.39 is 4.92 Å². The summed E-state index contributed by atoms with van der Waals surface area (Å²) in [5, 5.41) is 13.7. The van der Waals surface area contributed by atoms with Crippen LogP contribution in [-0.2, 0) is 6.54 Å². The van der Waals surface area contributed by atoms with Gasteiger partial charge in [-0.3, -0.25) is 10.1 Å². The highest BCUT2D eigenvalue weighted by atomic mass is 35.5. The third-order valence-electron chi connectivity index (χ3n) is 2.06. The maximum Gasteiger partial charge on any atom is 0.306 e. The average Bonchev–Trinajstić information content (AvgIpc) is 2.73. The fourth-order valence-corrected chi connectivity index (χ4v) is 1.52. The quantitative estimate of drug-likeness (QED) is 0.498. The first-order chi connectivity index (χ1) is 7.66. The molecule has 0 spiro atoms. The van der Waals surface area contributed by atoms with Crippen molar-refractivity contribution in [3.63, 3.8) is 0 Å². The van der Waals surface area contributed by atoms with Crippen molar-refractivity contribution < 1.29 is 9.61 Å². The van der Waals surface area contributed by atoms with Gasteiger partial charge in [-0.25, -0.2) is 0 Å². The molecule has 0 unspecified atom stereocenters. The highest BCUT2D eigenvalue weighted by Crippen LogP contribution is 2.24. The summed E-state index contributed by atoms with van der Waals surface area (Å²) in [6.45, 7) is 0.484. The third kappa shape index (κ3) is 2.17. The van der Waals surface area contributed by atoms with Crippen LogP contribution in [0, 0.1) is 10.1 Å². The molecule has 2 rings (SSSR count). The van der Waals surface area contributed by atoms with E-state index in [0.29, 0.717) is 6.54 Å². The van der Waals surface area contributed by atoms with Crippen molar-refractivity contribution in [2.45, 2.75) is 6.54 Å². The largest absolute Gasteiger partial charge is 0.306 e. The van der Waals surface area contributed by atoms with Gasteiger partial charge in [-0.2, -0.15) is 9.78 Å². The summed E-state index contributed by atoms with van der Waals surface area (Å²) in [5.74, 6) is 0. The summed E-state index contributed by atoms with van der Waals surface area (Å²) in [7, 11) is 0. The fourth-order valence-electron chi connectivity index (χ4n) is 1.33. The van der Waals surface area contributed by atoms with E-state index in [-0.39, 0.29) is 10.7 Å². The Morgan fingerprint density at radius 2 is 2.38 bits per heavy atom. The number of hydrogen-bond acceptors (Lipinski definition) is 3. The Labute approximate surface area is 95.6 Å². The molecule has 1 heterocycles. The molecule has 0 fully saturated rings. The minimum Gasteiger partial charge on any atom is -0.258 e. The van der Waals surface area contributed by atoms with Crippen LogP contribution in [0.25, 0.3) is 0 Å². The number of aromatic nitrogens is 3. The SMILES string of the molecule is O=[N+]([O-])c1cc(C[n+]2cnc[nH]2)ccc1Cl. The number of halogens is 1. The highest BCUT2D eigenvalue weighted by Gasteiger charge is 2.13. The predicted octanol–water partition coefficient (Wildman–Crippen LogP) is 1.31. The van der Waals surface area contributed by atoms with Gasteiger partial charge in [0.05, 0.1) is 4.92 Å². The van der Waals surface area contributed by atoms with E-state index in [0.717, 1.165) is 5.56 Å². The molecule has 6 nitrogen and oxygen atoms in total. The first-order valence-electron chi connectivity index (χ1n) is 4.47. The van der Waals surface area contributed by atoms with Gasteiger partial charge in [0.1, 0.15) is 11.6 Å². The number of aromatic amines is 1. The Balaban J connectivity index is 2.29. The Morgan fingerprint density at radius 3 is 3.00 bits per heavy atom. The molecule has 0 radical (unpaired) electrons. The molecule has 0 aliphatic rings. The minimum atomic E-state index is -0.497. The van der Waals surface area contributed by atoms with Crippen molar-refractivity contribution in [2.24, 2.45) is 0 Å². The second kappa shape index (κ2) is 4.28. The summed E-state index contributed by atoms with van der Waals surface area (Å²) < 4.78 is 1.70. The number of nitrogens with zero attached hydrogens (tertiary/aromatic N) is 3. The van der Waals surface area contributed by atoms with Crippen molar-refractivity contribution in [2.75, 3.05) is 0 Å². The van der Waals surface area contributed by atoms with Crippen molar-refractivity contribution in [1.82, 2.24) is 10.1 Å². The molecule has 16 heavy (non-hydrogen) atoms. The van der Waals surface area contributed by atoms with E-state index in [1.54, 1.807) is 17.1 Å². The maximum absolute atomic E-state index is 10.7. The molecule has 0 atom stereocenters. The van der Waals surface area contributed by atoms with Crippen LogP contribution < -0.4 is 4.68 Å². The molecule has 1 aromatic carbocycles. The van der Waals surface area contributed by atoms with Crippen LogP contribution in [-0.4, -0.2) is 15.0 Å². The Hall–Kier alpha value is -1.95. The molecule has 7 heteroatoms. The standard InChI is InChI=1S/C9H7ClN4O2/c10-8-2-1-7(3-9(8)14(15)16)4-13-6-11-5-12-13/h1-3,5-6H,4H2/p+1.